The summed E-state index contributed by atoms with van der Waals surface area (Å²) < 4.78 is 4.96. The summed E-state index contributed by atoms with van der Waals surface area (Å²) in [7, 11) is 0. The fraction of sp³-hybridized carbons (Fsp3) is 0.692. The van der Waals surface area contributed by atoms with Crippen molar-refractivity contribution in [3.05, 3.63) is 17.0 Å². The van der Waals surface area contributed by atoms with E-state index in [1.54, 1.807) is 13.8 Å². The molecule has 1 aromatic rings. The van der Waals surface area contributed by atoms with Crippen molar-refractivity contribution < 1.29 is 14.4 Å². The molecular formula is C13H20N2O3. The summed E-state index contributed by atoms with van der Waals surface area (Å²) in [6, 6.07) is 0. The van der Waals surface area contributed by atoms with E-state index in [4.69, 9.17) is 4.52 Å². The molecule has 0 atom stereocenters. The molecule has 0 aromatic carbocycles. The Kier molecular flexibility index (Phi) is 3.71. The van der Waals surface area contributed by atoms with Gasteiger partial charge in [0.1, 0.15) is 11.3 Å². The Hall–Kier alpha value is -1.36. The van der Waals surface area contributed by atoms with Crippen molar-refractivity contribution in [1.82, 2.24) is 10.5 Å². The molecule has 1 aromatic heterocycles. The molecule has 18 heavy (non-hydrogen) atoms. The third-order valence-corrected chi connectivity index (χ3v) is 3.62. The molecule has 1 amide bonds. The highest BCUT2D eigenvalue weighted by Gasteiger charge is 2.30. The highest BCUT2D eigenvalue weighted by Crippen LogP contribution is 2.27. The van der Waals surface area contributed by atoms with Gasteiger partial charge in [0, 0.05) is 6.54 Å². The molecule has 0 spiro atoms. The number of hydrogen-bond acceptors (Lipinski definition) is 4. The van der Waals surface area contributed by atoms with Crippen molar-refractivity contribution in [1.29, 1.82) is 0 Å². The third kappa shape index (κ3) is 2.72. The molecule has 1 aliphatic rings. The second-order valence-corrected chi connectivity index (χ2v) is 5.17. The number of aliphatic hydroxyl groups is 1. The van der Waals surface area contributed by atoms with E-state index in [2.05, 4.69) is 10.5 Å². The highest BCUT2D eigenvalue weighted by molar-refractivity contribution is 5.96. The number of nitrogens with one attached hydrogen (secondary N) is 1. The second-order valence-electron chi connectivity index (χ2n) is 5.17. The molecule has 0 saturated heterocycles. The van der Waals surface area contributed by atoms with Crippen LogP contribution in [0.4, 0.5) is 0 Å². The maximum Gasteiger partial charge on any atom is 0.256 e. The fourth-order valence-electron chi connectivity index (χ4n) is 2.53. The van der Waals surface area contributed by atoms with Crippen LogP contribution in [-0.2, 0) is 0 Å². The van der Waals surface area contributed by atoms with Gasteiger partial charge in [0.15, 0.2) is 0 Å². The van der Waals surface area contributed by atoms with Crippen LogP contribution in [-0.4, -0.2) is 28.3 Å². The Bertz CT molecular complexity index is 414. The first-order chi connectivity index (χ1) is 8.52. The minimum atomic E-state index is -0.743. The van der Waals surface area contributed by atoms with Crippen molar-refractivity contribution in [2.24, 2.45) is 0 Å². The van der Waals surface area contributed by atoms with Gasteiger partial charge in [-0.2, -0.15) is 0 Å². The van der Waals surface area contributed by atoms with E-state index in [0.717, 1.165) is 25.7 Å². The third-order valence-electron chi connectivity index (χ3n) is 3.62. The van der Waals surface area contributed by atoms with Crippen molar-refractivity contribution >= 4 is 5.91 Å². The normalized spacial score (nSPS) is 18.6. The number of nitrogens with zero attached hydrogens (tertiary/aromatic N) is 1. The van der Waals surface area contributed by atoms with E-state index in [0.29, 0.717) is 23.6 Å². The van der Waals surface area contributed by atoms with Crippen LogP contribution in [0, 0.1) is 13.8 Å². The topological polar surface area (TPSA) is 75.4 Å². The number of hydrogen-bond donors (Lipinski definition) is 2. The van der Waals surface area contributed by atoms with E-state index < -0.39 is 5.60 Å². The molecule has 5 heteroatoms. The van der Waals surface area contributed by atoms with Crippen molar-refractivity contribution in [3.8, 4) is 0 Å². The van der Waals surface area contributed by atoms with Gasteiger partial charge in [0.25, 0.3) is 5.91 Å². The predicted molar refractivity (Wildman–Crippen MR) is 66.3 cm³/mol. The molecule has 1 aliphatic carbocycles. The SMILES string of the molecule is Cc1noc(C)c1C(=O)NCC1(O)CCCCC1. The van der Waals surface area contributed by atoms with Crippen molar-refractivity contribution in [2.45, 2.75) is 51.6 Å². The maximum absolute atomic E-state index is 12.0. The van der Waals surface area contributed by atoms with Gasteiger partial charge in [-0.15, -0.1) is 0 Å². The van der Waals surface area contributed by atoms with Gasteiger partial charge in [0.2, 0.25) is 0 Å². The lowest BCUT2D eigenvalue weighted by atomic mass is 9.85. The summed E-state index contributed by atoms with van der Waals surface area (Å²) in [5.74, 6) is 0.297. The quantitative estimate of drug-likeness (QED) is 0.858. The van der Waals surface area contributed by atoms with Gasteiger partial charge >= 0.3 is 0 Å². The van der Waals surface area contributed by atoms with Crippen LogP contribution in [0.15, 0.2) is 4.52 Å². The van der Waals surface area contributed by atoms with Crippen molar-refractivity contribution in [2.75, 3.05) is 6.54 Å². The molecular weight excluding hydrogens is 232 g/mol. The smallest absolute Gasteiger partial charge is 0.256 e. The zero-order chi connectivity index (χ0) is 13.2. The monoisotopic (exact) mass is 252 g/mol. The molecule has 1 fully saturated rings. The number of aromatic nitrogens is 1. The molecule has 5 nitrogen and oxygen atoms in total. The Labute approximate surface area is 107 Å². The number of rotatable bonds is 3. The predicted octanol–water partition coefficient (Wildman–Crippen LogP) is 1.72. The summed E-state index contributed by atoms with van der Waals surface area (Å²) in [6.45, 7) is 3.75. The molecule has 0 aliphatic heterocycles. The minimum Gasteiger partial charge on any atom is -0.388 e. The molecule has 0 radical (unpaired) electrons. The first kappa shape index (κ1) is 13.1. The molecule has 2 N–H and O–H groups in total. The number of carbonyl (C=O) groups is 1. The standard InChI is InChI=1S/C13H20N2O3/c1-9-11(10(2)18-15-9)12(16)14-8-13(17)6-4-3-5-7-13/h17H,3-8H2,1-2H3,(H,14,16). The van der Waals surface area contributed by atoms with Crippen LogP contribution in [0.3, 0.4) is 0 Å². The molecule has 0 unspecified atom stereocenters. The Morgan fingerprint density at radius 3 is 2.61 bits per heavy atom. The molecule has 2 rings (SSSR count). The Morgan fingerprint density at radius 2 is 2.06 bits per heavy atom. The summed E-state index contributed by atoms with van der Waals surface area (Å²) in [5, 5.41) is 16.8. The molecule has 100 valence electrons. The lowest BCUT2D eigenvalue weighted by Gasteiger charge is -2.32. The van der Waals surface area contributed by atoms with E-state index in [9.17, 15) is 9.90 Å². The minimum absolute atomic E-state index is 0.217. The first-order valence-corrected chi connectivity index (χ1v) is 6.45. The largest absolute Gasteiger partial charge is 0.388 e. The molecule has 1 heterocycles. The summed E-state index contributed by atoms with van der Waals surface area (Å²) in [6.07, 6.45) is 4.74. The number of carbonyl (C=O) groups excluding carboxylic acids is 1. The Morgan fingerprint density at radius 1 is 1.39 bits per heavy atom. The number of amides is 1. The van der Waals surface area contributed by atoms with Crippen LogP contribution in [0.25, 0.3) is 0 Å². The Balaban J connectivity index is 1.96. The van der Waals surface area contributed by atoms with E-state index in [1.165, 1.54) is 6.42 Å². The molecule has 0 bridgehead atoms. The average molecular weight is 252 g/mol. The zero-order valence-corrected chi connectivity index (χ0v) is 11.0. The van der Waals surface area contributed by atoms with Crippen LogP contribution in [0.5, 0.6) is 0 Å². The lowest BCUT2D eigenvalue weighted by molar-refractivity contribution is 0.00523. The summed E-state index contributed by atoms with van der Waals surface area (Å²) >= 11 is 0. The van der Waals surface area contributed by atoms with Crippen LogP contribution >= 0.6 is 0 Å². The van der Waals surface area contributed by atoms with Crippen molar-refractivity contribution in [3.63, 3.8) is 0 Å². The number of aryl methyl sites for hydroxylation is 2. The summed E-state index contributed by atoms with van der Waals surface area (Å²) in [4.78, 5) is 12.0. The van der Waals surface area contributed by atoms with Gasteiger partial charge in [-0.1, -0.05) is 24.4 Å². The van der Waals surface area contributed by atoms with Gasteiger partial charge in [-0.25, -0.2) is 0 Å². The van der Waals surface area contributed by atoms with Gasteiger partial charge in [-0.3, -0.25) is 4.79 Å². The van der Waals surface area contributed by atoms with E-state index >= 15 is 0 Å². The molecule has 1 saturated carbocycles. The van der Waals surface area contributed by atoms with Gasteiger partial charge < -0.3 is 14.9 Å². The zero-order valence-electron chi connectivity index (χ0n) is 11.0. The maximum atomic E-state index is 12.0. The highest BCUT2D eigenvalue weighted by atomic mass is 16.5. The van der Waals surface area contributed by atoms with Crippen LogP contribution in [0.2, 0.25) is 0 Å². The van der Waals surface area contributed by atoms with Gasteiger partial charge in [-0.05, 0) is 26.7 Å². The lowest BCUT2D eigenvalue weighted by Crippen LogP contribution is -2.44. The average Bonchev–Trinajstić information content (AvgIpc) is 2.67. The van der Waals surface area contributed by atoms with Gasteiger partial charge in [0.05, 0.1) is 11.3 Å². The van der Waals surface area contributed by atoms with E-state index in [-0.39, 0.29) is 5.91 Å². The fourth-order valence-corrected chi connectivity index (χ4v) is 2.53. The first-order valence-electron chi connectivity index (χ1n) is 6.45. The summed E-state index contributed by atoms with van der Waals surface area (Å²) in [5.41, 5.74) is 0.322. The van der Waals surface area contributed by atoms with Crippen LogP contribution in [0.1, 0.15) is 53.9 Å². The van der Waals surface area contributed by atoms with E-state index in [1.807, 2.05) is 0 Å². The van der Waals surface area contributed by atoms with Crippen LogP contribution < -0.4 is 5.32 Å². The second kappa shape index (κ2) is 5.10.